The van der Waals surface area contributed by atoms with E-state index in [1.807, 2.05) is 56.3 Å². The molecule has 3 aromatic carbocycles. The molecule has 0 aliphatic heterocycles. The molecule has 26 heavy (non-hydrogen) atoms. The minimum absolute atomic E-state index is 0.204. The van der Waals surface area contributed by atoms with Crippen LogP contribution in [0, 0.1) is 13.8 Å². The van der Waals surface area contributed by atoms with E-state index in [0.29, 0.717) is 11.1 Å². The number of aryl methyl sites for hydroxylation is 2. The Hall–Kier alpha value is -3.40. The fourth-order valence-electron chi connectivity index (χ4n) is 2.75. The van der Waals surface area contributed by atoms with Crippen molar-refractivity contribution in [2.24, 2.45) is 0 Å². The largest absolute Gasteiger partial charge is 0.322 e. The van der Waals surface area contributed by atoms with Crippen LogP contribution in [0.25, 0.3) is 0 Å². The number of rotatable bonds is 4. The van der Waals surface area contributed by atoms with Crippen molar-refractivity contribution in [3.63, 3.8) is 0 Å². The Morgan fingerprint density at radius 1 is 0.615 bits per heavy atom. The van der Waals surface area contributed by atoms with Crippen molar-refractivity contribution < 1.29 is 9.59 Å². The lowest BCUT2D eigenvalue weighted by atomic mass is 10.1. The molecular weight excluding hydrogens is 324 g/mol. The summed E-state index contributed by atoms with van der Waals surface area (Å²) in [4.78, 5) is 24.6. The molecule has 3 aromatic rings. The average Bonchev–Trinajstić information content (AvgIpc) is 2.62. The van der Waals surface area contributed by atoms with Gasteiger partial charge in [0.15, 0.2) is 0 Å². The molecule has 2 N–H and O–H groups in total. The molecule has 130 valence electrons. The third-order valence-corrected chi connectivity index (χ3v) is 3.92. The lowest BCUT2D eigenvalue weighted by Gasteiger charge is -2.09. The highest BCUT2D eigenvalue weighted by Gasteiger charge is 2.10. The zero-order valence-corrected chi connectivity index (χ0v) is 14.7. The number of anilines is 2. The first-order valence-electron chi connectivity index (χ1n) is 8.37. The van der Waals surface area contributed by atoms with E-state index in [-0.39, 0.29) is 11.8 Å². The van der Waals surface area contributed by atoms with Gasteiger partial charge in [-0.25, -0.2) is 0 Å². The Labute approximate surface area is 152 Å². The van der Waals surface area contributed by atoms with E-state index < -0.39 is 0 Å². The van der Waals surface area contributed by atoms with E-state index in [9.17, 15) is 9.59 Å². The summed E-state index contributed by atoms with van der Waals surface area (Å²) in [6, 6.07) is 21.7. The third-order valence-electron chi connectivity index (χ3n) is 3.92. The highest BCUT2D eigenvalue weighted by atomic mass is 16.2. The number of carbonyl (C=O) groups excluding carboxylic acids is 2. The number of hydrogen-bond donors (Lipinski definition) is 2. The number of amides is 2. The van der Waals surface area contributed by atoms with Crippen LogP contribution in [0.15, 0.2) is 72.8 Å². The van der Waals surface area contributed by atoms with E-state index in [2.05, 4.69) is 16.7 Å². The number of hydrogen-bond acceptors (Lipinski definition) is 2. The summed E-state index contributed by atoms with van der Waals surface area (Å²) < 4.78 is 0. The molecule has 0 saturated heterocycles. The van der Waals surface area contributed by atoms with Crippen LogP contribution in [0.5, 0.6) is 0 Å². The van der Waals surface area contributed by atoms with Crippen LogP contribution in [-0.2, 0) is 0 Å². The van der Waals surface area contributed by atoms with Gasteiger partial charge < -0.3 is 10.6 Å². The van der Waals surface area contributed by atoms with E-state index >= 15 is 0 Å². The molecule has 0 unspecified atom stereocenters. The molecule has 0 heterocycles. The van der Waals surface area contributed by atoms with Crippen LogP contribution in [0.2, 0.25) is 0 Å². The van der Waals surface area contributed by atoms with Gasteiger partial charge in [0, 0.05) is 22.5 Å². The van der Waals surface area contributed by atoms with Crippen molar-refractivity contribution in [1.29, 1.82) is 0 Å². The van der Waals surface area contributed by atoms with Gasteiger partial charge in [-0.3, -0.25) is 9.59 Å². The topological polar surface area (TPSA) is 58.2 Å². The smallest absolute Gasteiger partial charge is 0.255 e. The van der Waals surface area contributed by atoms with E-state index in [1.54, 1.807) is 24.3 Å². The summed E-state index contributed by atoms with van der Waals surface area (Å²) in [5.74, 6) is -0.414. The van der Waals surface area contributed by atoms with Gasteiger partial charge in [0.25, 0.3) is 11.8 Å². The van der Waals surface area contributed by atoms with Crippen LogP contribution in [0.4, 0.5) is 11.4 Å². The number of para-hydroxylation sites is 1. The fraction of sp³-hybridized carbons (Fsp3) is 0.0909. The van der Waals surface area contributed by atoms with Gasteiger partial charge in [0.05, 0.1) is 0 Å². The van der Waals surface area contributed by atoms with Crippen molar-refractivity contribution in [2.75, 3.05) is 10.6 Å². The van der Waals surface area contributed by atoms with Gasteiger partial charge in [-0.2, -0.15) is 0 Å². The number of carbonyl (C=O) groups is 2. The van der Waals surface area contributed by atoms with Gasteiger partial charge in [-0.05, 0) is 73.5 Å². The van der Waals surface area contributed by atoms with Gasteiger partial charge in [0.2, 0.25) is 0 Å². The van der Waals surface area contributed by atoms with Crippen LogP contribution in [0.1, 0.15) is 31.8 Å². The molecule has 4 heteroatoms. The molecule has 0 aliphatic rings. The lowest BCUT2D eigenvalue weighted by molar-refractivity contribution is 0.101. The summed E-state index contributed by atoms with van der Waals surface area (Å²) in [5.41, 5.74) is 4.67. The molecule has 0 fully saturated rings. The van der Waals surface area contributed by atoms with Crippen molar-refractivity contribution in [3.8, 4) is 0 Å². The Balaban J connectivity index is 1.68. The number of benzene rings is 3. The maximum atomic E-state index is 12.4. The monoisotopic (exact) mass is 344 g/mol. The number of nitrogens with one attached hydrogen (secondary N) is 2. The molecule has 0 radical (unpaired) electrons. The van der Waals surface area contributed by atoms with Gasteiger partial charge in [-0.1, -0.05) is 24.3 Å². The summed E-state index contributed by atoms with van der Waals surface area (Å²) >= 11 is 0. The molecule has 0 bridgehead atoms. The Bertz CT molecular complexity index is 912. The minimum Gasteiger partial charge on any atom is -0.322 e. The summed E-state index contributed by atoms with van der Waals surface area (Å²) in [7, 11) is 0. The minimum atomic E-state index is -0.211. The average molecular weight is 344 g/mol. The summed E-state index contributed by atoms with van der Waals surface area (Å²) in [6.45, 7) is 3.98. The predicted molar refractivity (Wildman–Crippen MR) is 105 cm³/mol. The first-order chi connectivity index (χ1) is 12.5. The maximum Gasteiger partial charge on any atom is 0.255 e. The van der Waals surface area contributed by atoms with Crippen LogP contribution < -0.4 is 10.6 Å². The normalized spacial score (nSPS) is 10.2. The van der Waals surface area contributed by atoms with Gasteiger partial charge in [-0.15, -0.1) is 0 Å². The fourth-order valence-corrected chi connectivity index (χ4v) is 2.75. The predicted octanol–water partition coefficient (Wildman–Crippen LogP) is 4.81. The van der Waals surface area contributed by atoms with E-state index in [0.717, 1.165) is 22.5 Å². The molecular formula is C22H20N2O2. The van der Waals surface area contributed by atoms with Crippen molar-refractivity contribution in [3.05, 3.63) is 95.1 Å². The molecule has 0 aromatic heterocycles. The molecule has 4 nitrogen and oxygen atoms in total. The molecule has 0 saturated carbocycles. The summed E-state index contributed by atoms with van der Waals surface area (Å²) in [6.07, 6.45) is 0. The van der Waals surface area contributed by atoms with Crippen LogP contribution in [-0.4, -0.2) is 11.8 Å². The molecule has 0 atom stereocenters. The highest BCUT2D eigenvalue weighted by Crippen LogP contribution is 2.16. The van der Waals surface area contributed by atoms with Gasteiger partial charge in [0.1, 0.15) is 0 Å². The Morgan fingerprint density at radius 3 is 1.58 bits per heavy atom. The second kappa shape index (κ2) is 7.66. The third kappa shape index (κ3) is 4.36. The lowest BCUT2D eigenvalue weighted by Crippen LogP contribution is -2.14. The first-order valence-corrected chi connectivity index (χ1v) is 8.37. The highest BCUT2D eigenvalue weighted by molar-refractivity contribution is 6.07. The second-order valence-electron chi connectivity index (χ2n) is 6.23. The molecule has 0 aliphatic carbocycles. The first kappa shape index (κ1) is 17.4. The quantitative estimate of drug-likeness (QED) is 0.714. The molecule has 3 rings (SSSR count). The second-order valence-corrected chi connectivity index (χ2v) is 6.23. The van der Waals surface area contributed by atoms with Crippen molar-refractivity contribution >= 4 is 23.2 Å². The Morgan fingerprint density at radius 2 is 1.08 bits per heavy atom. The van der Waals surface area contributed by atoms with Crippen LogP contribution in [0.3, 0.4) is 0 Å². The van der Waals surface area contributed by atoms with E-state index in [4.69, 9.17) is 0 Å². The summed E-state index contributed by atoms with van der Waals surface area (Å²) in [5, 5.41) is 5.71. The van der Waals surface area contributed by atoms with E-state index in [1.165, 1.54) is 0 Å². The zero-order chi connectivity index (χ0) is 18.5. The molecule has 0 spiro atoms. The maximum absolute atomic E-state index is 12.4. The van der Waals surface area contributed by atoms with Crippen molar-refractivity contribution in [1.82, 2.24) is 0 Å². The zero-order valence-electron chi connectivity index (χ0n) is 14.7. The molecule has 2 amide bonds. The Kier molecular flexibility index (Phi) is 5.13. The SMILES string of the molecule is Cc1cc(C)cc(NC(=O)c2ccc(C(=O)Nc3ccccc3)cc2)c1. The van der Waals surface area contributed by atoms with Crippen LogP contribution >= 0.6 is 0 Å². The standard InChI is InChI=1S/C22H20N2O2/c1-15-12-16(2)14-20(13-15)24-22(26)18-10-8-17(9-11-18)21(25)23-19-6-4-3-5-7-19/h3-14H,1-2H3,(H,23,25)(H,24,26). The van der Waals surface area contributed by atoms with Gasteiger partial charge >= 0.3 is 0 Å². The van der Waals surface area contributed by atoms with Crippen molar-refractivity contribution in [2.45, 2.75) is 13.8 Å².